The average molecular weight is 384 g/mol. The van der Waals surface area contributed by atoms with Gasteiger partial charge >= 0.3 is 0 Å². The topological polar surface area (TPSA) is 70.7 Å². The first-order valence-corrected chi connectivity index (χ1v) is 9.08. The second kappa shape index (κ2) is 11.0. The van der Waals surface area contributed by atoms with Gasteiger partial charge in [-0.1, -0.05) is 6.92 Å². The van der Waals surface area contributed by atoms with Crippen LogP contribution >= 0.6 is 12.4 Å². The number of hydrogen-bond donors (Lipinski definition) is 2. The third kappa shape index (κ3) is 5.88. The smallest absolute Gasteiger partial charge is 0.253 e. The lowest BCUT2D eigenvalue weighted by Gasteiger charge is -2.27. The van der Waals surface area contributed by atoms with E-state index >= 15 is 0 Å². The van der Waals surface area contributed by atoms with Crippen LogP contribution in [0.2, 0.25) is 0 Å². The van der Waals surface area contributed by atoms with Crippen molar-refractivity contribution in [3.05, 3.63) is 23.8 Å². The van der Waals surface area contributed by atoms with Gasteiger partial charge in [-0.2, -0.15) is 0 Å². The minimum Gasteiger partial charge on any atom is -0.492 e. The van der Waals surface area contributed by atoms with Crippen molar-refractivity contribution in [1.82, 2.24) is 10.2 Å². The van der Waals surface area contributed by atoms with Gasteiger partial charge in [-0.25, -0.2) is 0 Å². The number of likely N-dealkylation sites (tertiary alicyclic amines) is 1. The van der Waals surface area contributed by atoms with Crippen LogP contribution in [0.4, 0.5) is 5.69 Å². The predicted molar refractivity (Wildman–Crippen MR) is 106 cm³/mol. The first-order valence-electron chi connectivity index (χ1n) is 9.08. The van der Waals surface area contributed by atoms with Gasteiger partial charge in [0.1, 0.15) is 5.75 Å². The molecule has 1 saturated heterocycles. The fraction of sp³-hybridized carbons (Fsp3) is 0.579. The number of carbonyl (C=O) groups excluding carboxylic acids is 2. The number of benzene rings is 1. The molecule has 1 aromatic rings. The molecule has 1 atom stereocenters. The summed E-state index contributed by atoms with van der Waals surface area (Å²) in [5.74, 6) is 0.322. The Morgan fingerprint density at radius 1 is 1.23 bits per heavy atom. The molecule has 26 heavy (non-hydrogen) atoms. The first kappa shape index (κ1) is 22.3. The molecule has 1 aliphatic heterocycles. The van der Waals surface area contributed by atoms with E-state index < -0.39 is 0 Å². The molecular weight excluding hydrogens is 354 g/mol. The number of nitrogens with one attached hydrogen (secondary N) is 2. The number of rotatable bonds is 7. The highest BCUT2D eigenvalue weighted by molar-refractivity contribution is 5.99. The van der Waals surface area contributed by atoms with Crippen LogP contribution in [0.3, 0.4) is 0 Å². The molecular formula is C19H30ClN3O3. The number of anilines is 1. The summed E-state index contributed by atoms with van der Waals surface area (Å²) in [4.78, 5) is 26.9. The largest absolute Gasteiger partial charge is 0.492 e. The highest BCUT2D eigenvalue weighted by Crippen LogP contribution is 2.27. The summed E-state index contributed by atoms with van der Waals surface area (Å²) in [6, 6.07) is 5.26. The molecule has 0 aliphatic carbocycles. The Labute approximate surface area is 162 Å². The molecule has 0 bridgehead atoms. The van der Waals surface area contributed by atoms with Crippen LogP contribution in [0, 0.1) is 5.92 Å². The van der Waals surface area contributed by atoms with E-state index in [2.05, 4.69) is 10.6 Å². The van der Waals surface area contributed by atoms with E-state index in [-0.39, 0.29) is 30.1 Å². The monoisotopic (exact) mass is 383 g/mol. The maximum absolute atomic E-state index is 12.7. The predicted octanol–water partition coefficient (Wildman–Crippen LogP) is 2.93. The molecule has 0 saturated carbocycles. The lowest BCUT2D eigenvalue weighted by Crippen LogP contribution is -2.35. The van der Waals surface area contributed by atoms with Crippen molar-refractivity contribution < 1.29 is 14.3 Å². The van der Waals surface area contributed by atoms with Crippen LogP contribution < -0.4 is 15.4 Å². The maximum atomic E-state index is 12.7. The summed E-state index contributed by atoms with van der Waals surface area (Å²) in [7, 11) is 1.81. The Kier molecular flexibility index (Phi) is 9.44. The van der Waals surface area contributed by atoms with E-state index in [0.29, 0.717) is 30.2 Å². The van der Waals surface area contributed by atoms with Crippen molar-refractivity contribution in [3.63, 3.8) is 0 Å². The minimum atomic E-state index is -0.180. The zero-order chi connectivity index (χ0) is 18.2. The molecule has 2 N–H and O–H groups in total. The number of piperidine rings is 1. The molecule has 1 aromatic carbocycles. The molecule has 0 radical (unpaired) electrons. The molecule has 146 valence electrons. The Bertz CT molecular complexity index is 604. The summed E-state index contributed by atoms with van der Waals surface area (Å²) in [5, 5.41) is 5.90. The summed E-state index contributed by atoms with van der Waals surface area (Å²) in [6.45, 7) is 6.42. The van der Waals surface area contributed by atoms with Crippen molar-refractivity contribution in [2.24, 2.45) is 5.92 Å². The molecule has 1 unspecified atom stereocenters. The van der Waals surface area contributed by atoms with Gasteiger partial charge in [-0.05, 0) is 51.4 Å². The Hall–Kier alpha value is -1.79. The quantitative estimate of drug-likeness (QED) is 0.759. The zero-order valence-corrected chi connectivity index (χ0v) is 16.7. The summed E-state index contributed by atoms with van der Waals surface area (Å²) in [5.41, 5.74) is 1.14. The molecule has 0 spiro atoms. The Balaban J connectivity index is 0.00000338. The SMILES string of the molecule is CCOc1ccc(C(=O)N2CCCCC2)cc1NC(=O)C(C)CNC.Cl. The average Bonchev–Trinajstić information content (AvgIpc) is 2.63. The molecule has 2 amide bonds. The number of carbonyl (C=O) groups is 2. The third-order valence-electron chi connectivity index (χ3n) is 4.39. The fourth-order valence-corrected chi connectivity index (χ4v) is 2.98. The van der Waals surface area contributed by atoms with E-state index in [9.17, 15) is 9.59 Å². The summed E-state index contributed by atoms with van der Waals surface area (Å²) >= 11 is 0. The molecule has 1 fully saturated rings. The minimum absolute atomic E-state index is 0. The molecule has 1 heterocycles. The number of nitrogens with zero attached hydrogens (tertiary/aromatic N) is 1. The molecule has 1 aliphatic rings. The van der Waals surface area contributed by atoms with Gasteiger partial charge in [0.2, 0.25) is 5.91 Å². The second-order valence-electron chi connectivity index (χ2n) is 6.44. The summed E-state index contributed by atoms with van der Waals surface area (Å²) in [6.07, 6.45) is 3.28. The van der Waals surface area contributed by atoms with Crippen LogP contribution in [-0.4, -0.2) is 50.0 Å². The molecule has 6 nitrogen and oxygen atoms in total. The van der Waals surface area contributed by atoms with E-state index in [0.717, 1.165) is 25.9 Å². The van der Waals surface area contributed by atoms with Crippen LogP contribution in [0.25, 0.3) is 0 Å². The highest BCUT2D eigenvalue weighted by atomic mass is 35.5. The van der Waals surface area contributed by atoms with Gasteiger partial charge in [-0.15, -0.1) is 12.4 Å². The van der Waals surface area contributed by atoms with E-state index in [1.165, 1.54) is 6.42 Å². The van der Waals surface area contributed by atoms with Crippen molar-refractivity contribution in [2.75, 3.05) is 38.6 Å². The van der Waals surface area contributed by atoms with Crippen LogP contribution in [-0.2, 0) is 4.79 Å². The zero-order valence-electron chi connectivity index (χ0n) is 15.8. The van der Waals surface area contributed by atoms with Crippen molar-refractivity contribution in [1.29, 1.82) is 0 Å². The normalized spacial score (nSPS) is 15.0. The fourth-order valence-electron chi connectivity index (χ4n) is 2.98. The van der Waals surface area contributed by atoms with Gasteiger partial charge in [-0.3, -0.25) is 9.59 Å². The van der Waals surface area contributed by atoms with Gasteiger partial charge < -0.3 is 20.3 Å². The Morgan fingerprint density at radius 3 is 2.54 bits per heavy atom. The second-order valence-corrected chi connectivity index (χ2v) is 6.44. The lowest BCUT2D eigenvalue weighted by molar-refractivity contribution is -0.119. The number of halogens is 1. The van der Waals surface area contributed by atoms with Crippen molar-refractivity contribution in [2.45, 2.75) is 33.1 Å². The highest BCUT2D eigenvalue weighted by Gasteiger charge is 2.21. The number of hydrogen-bond acceptors (Lipinski definition) is 4. The third-order valence-corrected chi connectivity index (χ3v) is 4.39. The molecule has 2 rings (SSSR count). The molecule has 0 aromatic heterocycles. The standard InChI is InChI=1S/C19H29N3O3.ClH/c1-4-25-17-9-8-15(19(24)22-10-6-5-7-11-22)12-16(17)21-18(23)14(2)13-20-3;/h8-9,12,14,20H,4-7,10-11,13H2,1-3H3,(H,21,23);1H. The van der Waals surface area contributed by atoms with Gasteiger partial charge in [0.15, 0.2) is 0 Å². The van der Waals surface area contributed by atoms with Gasteiger partial charge in [0.25, 0.3) is 5.91 Å². The number of ether oxygens (including phenoxy) is 1. The van der Waals surface area contributed by atoms with E-state index in [4.69, 9.17) is 4.74 Å². The van der Waals surface area contributed by atoms with Gasteiger partial charge in [0.05, 0.1) is 12.3 Å². The van der Waals surface area contributed by atoms with Crippen molar-refractivity contribution >= 4 is 29.9 Å². The molecule has 7 heteroatoms. The van der Waals surface area contributed by atoms with Crippen molar-refractivity contribution in [3.8, 4) is 5.75 Å². The Morgan fingerprint density at radius 2 is 1.92 bits per heavy atom. The van der Waals surface area contributed by atoms with Crippen LogP contribution in [0.1, 0.15) is 43.5 Å². The summed E-state index contributed by atoms with van der Waals surface area (Å²) < 4.78 is 5.60. The number of amides is 2. The van der Waals surface area contributed by atoms with Crippen LogP contribution in [0.5, 0.6) is 5.75 Å². The first-order chi connectivity index (χ1) is 12.1. The maximum Gasteiger partial charge on any atom is 0.253 e. The van der Waals surface area contributed by atoms with E-state index in [1.807, 2.05) is 25.8 Å². The van der Waals surface area contributed by atoms with E-state index in [1.54, 1.807) is 18.2 Å². The van der Waals surface area contributed by atoms with Crippen LogP contribution in [0.15, 0.2) is 18.2 Å². The van der Waals surface area contributed by atoms with Gasteiger partial charge in [0, 0.05) is 31.1 Å². The lowest BCUT2D eigenvalue weighted by atomic mass is 10.1.